The largest absolute Gasteiger partial charge is 0.504 e. The van der Waals surface area contributed by atoms with Crippen LogP contribution in [-0.2, 0) is 6.42 Å². The van der Waals surface area contributed by atoms with Crippen molar-refractivity contribution in [3.63, 3.8) is 0 Å². The van der Waals surface area contributed by atoms with Crippen molar-refractivity contribution in [3.8, 4) is 0 Å². The van der Waals surface area contributed by atoms with Crippen LogP contribution in [0.15, 0.2) is 42.5 Å². The van der Waals surface area contributed by atoms with Gasteiger partial charge in [0.15, 0.2) is 17.3 Å². The highest BCUT2D eigenvalue weighted by Crippen LogP contribution is 2.22. The molecule has 0 aliphatic rings. The third-order valence-corrected chi connectivity index (χ3v) is 4.59. The molecule has 0 bridgehead atoms. The van der Waals surface area contributed by atoms with Crippen LogP contribution in [-0.4, -0.2) is 37.3 Å². The van der Waals surface area contributed by atoms with Gasteiger partial charge in [-0.05, 0) is 29.8 Å². The number of aliphatic hydroxyl groups excluding tert-OH is 1. The summed E-state index contributed by atoms with van der Waals surface area (Å²) >= 11 is 1.35. The number of aromatic nitrogens is 4. The third-order valence-electron chi connectivity index (χ3n) is 3.49. The first-order chi connectivity index (χ1) is 12.0. The molecule has 0 spiro atoms. The molecule has 25 heavy (non-hydrogen) atoms. The number of Topliss-reactive ketones (excluding diaryl/α,β-unsaturated/α-hetero) is 1. The Kier molecular flexibility index (Phi) is 4.80. The summed E-state index contributed by atoms with van der Waals surface area (Å²) < 4.78 is 0. The first kappa shape index (κ1) is 16.7. The molecule has 126 valence electrons. The molecule has 0 amide bonds. The predicted molar refractivity (Wildman–Crippen MR) is 92.7 cm³/mol. The van der Waals surface area contributed by atoms with Gasteiger partial charge in [-0.3, -0.25) is 9.59 Å². The van der Waals surface area contributed by atoms with Gasteiger partial charge in [0.2, 0.25) is 5.82 Å². The van der Waals surface area contributed by atoms with Gasteiger partial charge in [0.05, 0.1) is 4.88 Å². The number of thiophene rings is 1. The number of tetrazole rings is 1. The number of ketones is 2. The van der Waals surface area contributed by atoms with E-state index >= 15 is 0 Å². The molecule has 0 atom stereocenters. The molecule has 0 aliphatic carbocycles. The number of aliphatic hydroxyl groups is 1. The van der Waals surface area contributed by atoms with Crippen LogP contribution in [0.25, 0.3) is 5.76 Å². The monoisotopic (exact) mass is 354 g/mol. The number of allylic oxidation sites excluding steroid dienone is 1. The number of hydrogen-bond acceptors (Lipinski definition) is 7. The van der Waals surface area contributed by atoms with E-state index in [1.54, 1.807) is 18.2 Å². The topological polar surface area (TPSA) is 109 Å². The summed E-state index contributed by atoms with van der Waals surface area (Å²) in [5, 5.41) is 22.5. The smallest absolute Gasteiger partial charge is 0.239 e. The molecule has 0 saturated heterocycles. The number of H-pyrrole nitrogens is 1. The number of nitrogens with one attached hydrogen (secondary N) is 1. The van der Waals surface area contributed by atoms with E-state index in [2.05, 4.69) is 20.6 Å². The molecule has 3 rings (SSSR count). The second-order valence-electron chi connectivity index (χ2n) is 5.33. The standard InChI is InChI=1S/C17H14N4O3S/c1-10(22)12-4-2-11(3-5-12)8-13-6-7-16(25-13)14(23)9-15(24)17-18-20-21-19-17/h2-7,9,24H,8H2,1H3,(H,18,19,20,21). The van der Waals surface area contributed by atoms with E-state index < -0.39 is 0 Å². The van der Waals surface area contributed by atoms with Crippen LogP contribution in [0.1, 0.15) is 43.2 Å². The van der Waals surface area contributed by atoms with Crippen LogP contribution in [0.4, 0.5) is 0 Å². The molecule has 0 unspecified atom stereocenters. The highest BCUT2D eigenvalue weighted by molar-refractivity contribution is 7.14. The van der Waals surface area contributed by atoms with Crippen LogP contribution in [0.3, 0.4) is 0 Å². The minimum absolute atomic E-state index is 0.0313. The number of nitrogens with zero attached hydrogens (tertiary/aromatic N) is 3. The Morgan fingerprint density at radius 2 is 1.96 bits per heavy atom. The van der Waals surface area contributed by atoms with Crippen molar-refractivity contribution in [2.75, 3.05) is 0 Å². The second kappa shape index (κ2) is 7.18. The number of carbonyl (C=O) groups excluding carboxylic acids is 2. The van der Waals surface area contributed by atoms with E-state index in [-0.39, 0.29) is 23.2 Å². The Hall–Kier alpha value is -3.13. The summed E-state index contributed by atoms with van der Waals surface area (Å²) in [7, 11) is 0. The zero-order chi connectivity index (χ0) is 17.8. The zero-order valence-corrected chi connectivity index (χ0v) is 14.1. The molecule has 1 aromatic carbocycles. The normalized spacial score (nSPS) is 11.5. The molecular weight excluding hydrogens is 340 g/mol. The lowest BCUT2D eigenvalue weighted by Gasteiger charge is -2.00. The number of rotatable bonds is 6. The average Bonchev–Trinajstić information content (AvgIpc) is 3.27. The molecular formula is C17H14N4O3S. The average molecular weight is 354 g/mol. The Bertz CT molecular complexity index is 927. The number of benzene rings is 1. The summed E-state index contributed by atoms with van der Waals surface area (Å²) in [5.74, 6) is -0.668. The SMILES string of the molecule is CC(=O)c1ccc(Cc2ccc(C(=O)C=C(O)c3nn[nH]n3)s2)cc1. The highest BCUT2D eigenvalue weighted by atomic mass is 32.1. The highest BCUT2D eigenvalue weighted by Gasteiger charge is 2.12. The van der Waals surface area contributed by atoms with Gasteiger partial charge < -0.3 is 5.11 Å². The lowest BCUT2D eigenvalue weighted by Crippen LogP contribution is -1.95. The Morgan fingerprint density at radius 3 is 2.60 bits per heavy atom. The number of carbonyl (C=O) groups is 2. The lowest BCUT2D eigenvalue weighted by molar-refractivity contribution is 0.101. The van der Waals surface area contributed by atoms with Crippen molar-refractivity contribution in [1.29, 1.82) is 0 Å². The van der Waals surface area contributed by atoms with Crippen molar-refractivity contribution < 1.29 is 14.7 Å². The van der Waals surface area contributed by atoms with E-state index in [1.165, 1.54) is 18.3 Å². The van der Waals surface area contributed by atoms with E-state index in [4.69, 9.17) is 0 Å². The fraction of sp³-hybridized carbons (Fsp3) is 0.118. The van der Waals surface area contributed by atoms with Crippen molar-refractivity contribution in [2.24, 2.45) is 0 Å². The molecule has 0 fully saturated rings. The molecule has 7 nitrogen and oxygen atoms in total. The molecule has 0 aliphatic heterocycles. The van der Waals surface area contributed by atoms with Gasteiger partial charge in [0.1, 0.15) is 0 Å². The molecule has 2 heterocycles. The maximum atomic E-state index is 12.2. The number of aromatic amines is 1. The van der Waals surface area contributed by atoms with E-state index in [9.17, 15) is 14.7 Å². The van der Waals surface area contributed by atoms with Crippen molar-refractivity contribution in [1.82, 2.24) is 20.6 Å². The van der Waals surface area contributed by atoms with Crippen LogP contribution in [0.5, 0.6) is 0 Å². The van der Waals surface area contributed by atoms with Gasteiger partial charge in [-0.2, -0.15) is 5.21 Å². The minimum atomic E-state index is -0.339. The molecule has 2 N–H and O–H groups in total. The van der Waals surface area contributed by atoms with E-state index in [0.717, 1.165) is 16.5 Å². The molecule has 8 heteroatoms. The van der Waals surface area contributed by atoms with E-state index in [1.807, 2.05) is 18.2 Å². The van der Waals surface area contributed by atoms with Crippen molar-refractivity contribution >= 4 is 28.7 Å². The van der Waals surface area contributed by atoms with Crippen LogP contribution < -0.4 is 0 Å². The van der Waals surface area contributed by atoms with Gasteiger partial charge in [0.25, 0.3) is 0 Å². The number of hydrogen-bond donors (Lipinski definition) is 2. The first-order valence-corrected chi connectivity index (χ1v) is 8.22. The Balaban J connectivity index is 1.70. The first-order valence-electron chi connectivity index (χ1n) is 7.40. The Morgan fingerprint density at radius 1 is 1.20 bits per heavy atom. The van der Waals surface area contributed by atoms with Gasteiger partial charge in [-0.15, -0.1) is 21.5 Å². The van der Waals surface area contributed by atoms with Crippen LogP contribution in [0, 0.1) is 0 Å². The summed E-state index contributed by atoms with van der Waals surface area (Å²) in [6.45, 7) is 1.53. The maximum Gasteiger partial charge on any atom is 0.239 e. The Labute approximate surface area is 147 Å². The van der Waals surface area contributed by atoms with Crippen LogP contribution in [0.2, 0.25) is 0 Å². The van der Waals surface area contributed by atoms with Crippen LogP contribution >= 0.6 is 11.3 Å². The maximum absolute atomic E-state index is 12.2. The summed E-state index contributed by atoms with van der Waals surface area (Å²) in [6, 6.07) is 11.0. The summed E-state index contributed by atoms with van der Waals surface area (Å²) in [5.41, 5.74) is 1.73. The second-order valence-corrected chi connectivity index (χ2v) is 6.49. The van der Waals surface area contributed by atoms with Crippen molar-refractivity contribution in [3.05, 3.63) is 69.2 Å². The fourth-order valence-corrected chi connectivity index (χ4v) is 3.15. The van der Waals surface area contributed by atoms with Gasteiger partial charge in [-0.1, -0.05) is 24.3 Å². The molecule has 0 saturated carbocycles. The molecule has 2 aromatic heterocycles. The molecule has 0 radical (unpaired) electrons. The third kappa shape index (κ3) is 4.04. The van der Waals surface area contributed by atoms with Crippen molar-refractivity contribution in [2.45, 2.75) is 13.3 Å². The fourth-order valence-electron chi connectivity index (χ4n) is 2.19. The van der Waals surface area contributed by atoms with Gasteiger partial charge in [-0.25, -0.2) is 0 Å². The minimum Gasteiger partial charge on any atom is -0.504 e. The van der Waals surface area contributed by atoms with Gasteiger partial charge in [0, 0.05) is 22.9 Å². The molecule has 3 aromatic rings. The lowest BCUT2D eigenvalue weighted by atomic mass is 10.1. The summed E-state index contributed by atoms with van der Waals surface area (Å²) in [4.78, 5) is 25.0. The van der Waals surface area contributed by atoms with Gasteiger partial charge >= 0.3 is 0 Å². The zero-order valence-electron chi connectivity index (χ0n) is 13.3. The predicted octanol–water partition coefficient (Wildman–Crippen LogP) is 2.84. The quantitative estimate of drug-likeness (QED) is 0.400. The summed E-state index contributed by atoms with van der Waals surface area (Å²) in [6.07, 6.45) is 1.73. The van der Waals surface area contributed by atoms with E-state index in [0.29, 0.717) is 16.9 Å².